The van der Waals surface area contributed by atoms with E-state index in [9.17, 15) is 13.9 Å². The van der Waals surface area contributed by atoms with Gasteiger partial charge >= 0.3 is 0 Å². The van der Waals surface area contributed by atoms with Gasteiger partial charge in [0.25, 0.3) is 6.43 Å². The van der Waals surface area contributed by atoms with Crippen molar-refractivity contribution in [3.63, 3.8) is 0 Å². The third-order valence-electron chi connectivity index (χ3n) is 4.10. The monoisotopic (exact) mass is 323 g/mol. The summed E-state index contributed by atoms with van der Waals surface area (Å²) in [4.78, 5) is 0. The lowest BCUT2D eigenvalue weighted by atomic mass is 9.85. The minimum absolute atomic E-state index is 0.0709. The van der Waals surface area contributed by atoms with Crippen molar-refractivity contribution in [1.82, 2.24) is 15.1 Å². The highest BCUT2D eigenvalue weighted by atomic mass is 19.3. The molecule has 2 N–H and O–H groups in total. The number of aromatic nitrogens is 2. The van der Waals surface area contributed by atoms with Gasteiger partial charge in [-0.3, -0.25) is 4.68 Å². The number of para-hydroxylation sites is 1. The third kappa shape index (κ3) is 3.35. The Bertz CT molecular complexity index is 662. The molecule has 1 aromatic carbocycles. The number of benzene rings is 1. The quantitative estimate of drug-likeness (QED) is 0.852. The summed E-state index contributed by atoms with van der Waals surface area (Å²) < 4.78 is 31.6. The maximum absolute atomic E-state index is 12.4. The molecule has 0 bridgehead atoms. The van der Waals surface area contributed by atoms with Crippen LogP contribution in [-0.4, -0.2) is 34.5 Å². The lowest BCUT2D eigenvalue weighted by molar-refractivity contribution is 0.106. The van der Waals surface area contributed by atoms with Gasteiger partial charge in [-0.05, 0) is 6.07 Å². The molecule has 0 amide bonds. The summed E-state index contributed by atoms with van der Waals surface area (Å²) in [5.41, 5.74) is 1.11. The number of ether oxygens (including phenoxy) is 1. The lowest BCUT2D eigenvalue weighted by Crippen LogP contribution is -2.48. The Hall–Kier alpha value is -1.99. The minimum atomic E-state index is -2.43. The second-order valence-electron chi connectivity index (χ2n) is 5.65. The van der Waals surface area contributed by atoms with Crippen LogP contribution in [-0.2, 0) is 18.6 Å². The van der Waals surface area contributed by atoms with Crippen molar-refractivity contribution in [1.29, 1.82) is 0 Å². The number of hydrogen-bond acceptors (Lipinski definition) is 4. The number of nitrogens with zero attached hydrogens (tertiary/aromatic N) is 2. The van der Waals surface area contributed by atoms with Crippen LogP contribution in [0.5, 0.6) is 5.75 Å². The molecule has 5 nitrogen and oxygen atoms in total. The second-order valence-corrected chi connectivity index (χ2v) is 5.65. The Morgan fingerprint density at radius 1 is 1.39 bits per heavy atom. The van der Waals surface area contributed by atoms with Crippen LogP contribution in [0, 0.1) is 0 Å². The van der Waals surface area contributed by atoms with E-state index in [1.54, 1.807) is 12.4 Å². The van der Waals surface area contributed by atoms with Crippen molar-refractivity contribution in [3.05, 3.63) is 47.8 Å². The summed E-state index contributed by atoms with van der Waals surface area (Å²) in [6.07, 6.45) is 1.36. The predicted molar refractivity (Wildman–Crippen MR) is 80.4 cm³/mol. The molecule has 0 fully saturated rings. The van der Waals surface area contributed by atoms with Crippen molar-refractivity contribution in [2.75, 3.05) is 13.2 Å². The van der Waals surface area contributed by atoms with Gasteiger partial charge in [0.1, 0.15) is 12.3 Å². The topological polar surface area (TPSA) is 59.3 Å². The van der Waals surface area contributed by atoms with E-state index in [0.29, 0.717) is 19.6 Å². The van der Waals surface area contributed by atoms with Gasteiger partial charge in [0.2, 0.25) is 0 Å². The Labute approximate surface area is 132 Å². The first-order valence-corrected chi connectivity index (χ1v) is 7.51. The Morgan fingerprint density at radius 3 is 3.00 bits per heavy atom. The van der Waals surface area contributed by atoms with E-state index < -0.39 is 18.5 Å². The van der Waals surface area contributed by atoms with Crippen molar-refractivity contribution < 1.29 is 18.6 Å². The van der Waals surface area contributed by atoms with Crippen molar-refractivity contribution in [2.24, 2.45) is 0 Å². The molecule has 1 aliphatic rings. The highest BCUT2D eigenvalue weighted by molar-refractivity contribution is 5.41. The standard InChI is InChI=1S/C16H19F2N3O2/c17-15(18)10-21-9-12(8-20-21)7-19-16(11-22)5-6-23-14-4-2-1-3-13(14)16/h1-4,8-9,15,19,22H,5-7,10-11H2. The van der Waals surface area contributed by atoms with E-state index in [1.807, 2.05) is 24.3 Å². The average molecular weight is 323 g/mol. The van der Waals surface area contributed by atoms with Crippen LogP contribution in [0.2, 0.25) is 0 Å². The predicted octanol–water partition coefficient (Wildman–Crippen LogP) is 1.91. The highest BCUT2D eigenvalue weighted by Crippen LogP contribution is 2.36. The number of rotatable bonds is 6. The van der Waals surface area contributed by atoms with E-state index in [0.717, 1.165) is 16.9 Å². The maximum Gasteiger partial charge on any atom is 0.257 e. The summed E-state index contributed by atoms with van der Waals surface area (Å²) in [6, 6.07) is 7.60. The van der Waals surface area contributed by atoms with Gasteiger partial charge in [0, 0.05) is 30.3 Å². The minimum Gasteiger partial charge on any atom is -0.493 e. The number of fused-ring (bicyclic) bond motifs is 1. The number of halogens is 2. The van der Waals surface area contributed by atoms with Crippen LogP contribution in [0.25, 0.3) is 0 Å². The molecule has 2 heterocycles. The molecule has 7 heteroatoms. The molecular weight excluding hydrogens is 304 g/mol. The summed E-state index contributed by atoms with van der Waals surface area (Å²) >= 11 is 0. The average Bonchev–Trinajstić information content (AvgIpc) is 2.99. The molecule has 1 aromatic heterocycles. The van der Waals surface area contributed by atoms with Crippen molar-refractivity contribution in [3.8, 4) is 5.75 Å². The second kappa shape index (κ2) is 6.64. The Balaban J connectivity index is 1.74. The summed E-state index contributed by atoms with van der Waals surface area (Å²) in [6.45, 7) is 0.452. The highest BCUT2D eigenvalue weighted by Gasteiger charge is 2.36. The van der Waals surface area contributed by atoms with Gasteiger partial charge in [-0.1, -0.05) is 18.2 Å². The Morgan fingerprint density at radius 2 is 2.22 bits per heavy atom. The van der Waals surface area contributed by atoms with Gasteiger partial charge in [-0.15, -0.1) is 0 Å². The van der Waals surface area contributed by atoms with Crippen LogP contribution < -0.4 is 10.1 Å². The van der Waals surface area contributed by atoms with Crippen molar-refractivity contribution in [2.45, 2.75) is 31.5 Å². The lowest BCUT2D eigenvalue weighted by Gasteiger charge is -2.38. The van der Waals surface area contributed by atoms with Crippen LogP contribution >= 0.6 is 0 Å². The van der Waals surface area contributed by atoms with E-state index in [-0.39, 0.29) is 6.61 Å². The summed E-state index contributed by atoms with van der Waals surface area (Å²) in [5.74, 6) is 0.758. The van der Waals surface area contributed by atoms with Crippen LogP contribution in [0.3, 0.4) is 0 Å². The zero-order valence-electron chi connectivity index (χ0n) is 12.6. The summed E-state index contributed by atoms with van der Waals surface area (Å²) in [5, 5.41) is 17.2. The molecule has 1 atom stereocenters. The number of hydrogen-bond donors (Lipinski definition) is 2. The van der Waals surface area contributed by atoms with Crippen LogP contribution in [0.1, 0.15) is 17.5 Å². The van der Waals surface area contributed by atoms with Crippen LogP contribution in [0.15, 0.2) is 36.7 Å². The molecule has 0 spiro atoms. The van der Waals surface area contributed by atoms with Gasteiger partial charge in [0.15, 0.2) is 0 Å². The van der Waals surface area contributed by atoms with Gasteiger partial charge in [0.05, 0.1) is 24.9 Å². The molecule has 0 saturated carbocycles. The number of aliphatic hydroxyl groups excluding tert-OH is 1. The zero-order chi connectivity index (χ0) is 16.3. The molecule has 1 unspecified atom stereocenters. The molecular formula is C16H19F2N3O2. The molecule has 1 aliphatic heterocycles. The van der Waals surface area contributed by atoms with Gasteiger partial charge < -0.3 is 15.2 Å². The largest absolute Gasteiger partial charge is 0.493 e. The van der Waals surface area contributed by atoms with E-state index in [2.05, 4.69) is 10.4 Å². The first-order chi connectivity index (χ1) is 11.1. The molecule has 3 rings (SSSR count). The van der Waals surface area contributed by atoms with E-state index in [4.69, 9.17) is 4.74 Å². The molecule has 2 aromatic rings. The first-order valence-electron chi connectivity index (χ1n) is 7.51. The number of nitrogens with one attached hydrogen (secondary N) is 1. The number of alkyl halides is 2. The maximum atomic E-state index is 12.4. The summed E-state index contributed by atoms with van der Waals surface area (Å²) in [7, 11) is 0. The molecule has 0 aliphatic carbocycles. The van der Waals surface area contributed by atoms with E-state index >= 15 is 0 Å². The molecule has 124 valence electrons. The fraction of sp³-hybridized carbons (Fsp3) is 0.438. The third-order valence-corrected chi connectivity index (χ3v) is 4.10. The zero-order valence-corrected chi connectivity index (χ0v) is 12.6. The SMILES string of the molecule is OCC1(NCc2cnn(CC(F)F)c2)CCOc2ccccc21. The van der Waals surface area contributed by atoms with Crippen LogP contribution in [0.4, 0.5) is 8.78 Å². The van der Waals surface area contributed by atoms with Gasteiger partial charge in [-0.25, -0.2) is 8.78 Å². The number of aliphatic hydroxyl groups is 1. The van der Waals surface area contributed by atoms with Crippen molar-refractivity contribution >= 4 is 0 Å². The fourth-order valence-electron chi connectivity index (χ4n) is 2.87. The smallest absolute Gasteiger partial charge is 0.257 e. The Kier molecular flexibility index (Phi) is 4.58. The van der Waals surface area contributed by atoms with Gasteiger partial charge in [-0.2, -0.15) is 5.10 Å². The fourth-order valence-corrected chi connectivity index (χ4v) is 2.87. The molecule has 0 saturated heterocycles. The molecule has 23 heavy (non-hydrogen) atoms. The first kappa shape index (κ1) is 15.9. The van der Waals surface area contributed by atoms with E-state index in [1.165, 1.54) is 4.68 Å². The molecule has 0 radical (unpaired) electrons. The normalized spacial score (nSPS) is 20.3.